The average molecular weight is 586 g/mol. The number of thiocarbonyl (C=S) groups is 1. The summed E-state index contributed by atoms with van der Waals surface area (Å²) in [4.78, 5) is 19.2. The highest BCUT2D eigenvalue weighted by atomic mass is 35.5. The van der Waals surface area contributed by atoms with Crippen molar-refractivity contribution in [3.63, 3.8) is 0 Å². The Kier molecular flexibility index (Phi) is 12.1. The first-order chi connectivity index (χ1) is 18.8. The molecule has 0 spiro atoms. The second-order valence-corrected chi connectivity index (χ2v) is 10.7. The fraction of sp³-hybridized carbons (Fsp3) is 0.379. The Bertz CT molecular complexity index is 1290. The minimum atomic E-state index is -0.180. The van der Waals surface area contributed by atoms with Gasteiger partial charge in [-0.2, -0.15) is 5.26 Å². The summed E-state index contributed by atoms with van der Waals surface area (Å²) in [5, 5.41) is 17.1. The highest BCUT2D eigenvalue weighted by Gasteiger charge is 2.18. The normalized spacial score (nSPS) is 11.5. The van der Waals surface area contributed by atoms with Gasteiger partial charge in [-0.3, -0.25) is 4.79 Å². The lowest BCUT2D eigenvalue weighted by Crippen LogP contribution is -2.47. The number of carbonyl (C=O) groups excluding carboxylic acids is 1. The van der Waals surface area contributed by atoms with Crippen molar-refractivity contribution in [2.24, 2.45) is 0 Å². The van der Waals surface area contributed by atoms with Gasteiger partial charge in [0.2, 0.25) is 5.91 Å². The Morgan fingerprint density at radius 1 is 1.21 bits per heavy atom. The molecule has 39 heavy (non-hydrogen) atoms. The third-order valence-electron chi connectivity index (χ3n) is 6.21. The van der Waals surface area contributed by atoms with Crippen molar-refractivity contribution in [2.75, 3.05) is 13.1 Å². The fourth-order valence-electron chi connectivity index (χ4n) is 4.16. The van der Waals surface area contributed by atoms with Crippen molar-refractivity contribution in [3.8, 4) is 6.07 Å². The molecule has 2 aromatic carbocycles. The highest BCUT2D eigenvalue weighted by molar-refractivity contribution is 7.80. The van der Waals surface area contributed by atoms with Crippen LogP contribution in [0.15, 0.2) is 55.0 Å². The van der Waals surface area contributed by atoms with Crippen LogP contribution in [0.3, 0.4) is 0 Å². The third-order valence-corrected chi connectivity index (χ3v) is 7.47. The number of nitrogens with zero attached hydrogens (tertiary/aromatic N) is 4. The van der Waals surface area contributed by atoms with E-state index in [9.17, 15) is 4.79 Å². The zero-order valence-electron chi connectivity index (χ0n) is 22.3. The third kappa shape index (κ3) is 9.54. The van der Waals surface area contributed by atoms with Crippen molar-refractivity contribution in [3.05, 3.63) is 87.4 Å². The maximum Gasteiger partial charge on any atom is 0.226 e. The summed E-state index contributed by atoms with van der Waals surface area (Å²) in [6.45, 7) is 6.44. The van der Waals surface area contributed by atoms with E-state index in [1.54, 1.807) is 30.7 Å². The number of benzene rings is 2. The molecule has 0 aliphatic heterocycles. The summed E-state index contributed by atoms with van der Waals surface area (Å²) >= 11 is 18.4. The molecule has 206 valence electrons. The number of unbranched alkanes of at least 4 members (excludes halogenated alkanes) is 2. The number of nitrogens with one attached hydrogen (secondary N) is 2. The van der Waals surface area contributed by atoms with Gasteiger partial charge in [0.1, 0.15) is 0 Å². The molecule has 2 N–H and O–H groups in total. The van der Waals surface area contributed by atoms with Crippen LogP contribution in [0.25, 0.3) is 0 Å². The number of hydrogen-bond donors (Lipinski definition) is 2. The summed E-state index contributed by atoms with van der Waals surface area (Å²) < 4.78 is 1.94. The molecule has 1 unspecified atom stereocenters. The van der Waals surface area contributed by atoms with Crippen LogP contribution >= 0.6 is 35.4 Å². The topological polar surface area (TPSA) is 86.0 Å². The van der Waals surface area contributed by atoms with Crippen molar-refractivity contribution in [2.45, 2.75) is 58.7 Å². The number of amides is 1. The quantitative estimate of drug-likeness (QED) is 0.197. The highest BCUT2D eigenvalue weighted by Crippen LogP contribution is 2.26. The molecule has 0 fully saturated rings. The van der Waals surface area contributed by atoms with Crippen LogP contribution < -0.4 is 10.6 Å². The standard InChI is InChI=1S/C29H34Cl2N6OS/c1-3-4-5-13-34-29(39)36(19-24-7-6-8-26(30)28(24)31)17-21(2)35-27(38)14-25-16-33-20-37(25)18-23-11-9-22(15-32)10-12-23/h6-12,16,20-21H,3-5,13-14,17-19H2,1-2H3,(H,34,39)(H,35,38). The van der Waals surface area contributed by atoms with E-state index in [0.29, 0.717) is 40.4 Å². The lowest BCUT2D eigenvalue weighted by molar-refractivity contribution is -0.121. The number of aromatic nitrogens is 2. The summed E-state index contributed by atoms with van der Waals surface area (Å²) in [5.74, 6) is -0.105. The molecular formula is C29H34Cl2N6OS. The monoisotopic (exact) mass is 584 g/mol. The summed E-state index contributed by atoms with van der Waals surface area (Å²) in [5.41, 5.74) is 3.31. The first-order valence-corrected chi connectivity index (χ1v) is 14.2. The maximum atomic E-state index is 13.0. The van der Waals surface area contributed by atoms with E-state index in [2.05, 4.69) is 28.6 Å². The van der Waals surface area contributed by atoms with E-state index < -0.39 is 0 Å². The van der Waals surface area contributed by atoms with Crippen LogP contribution in [-0.4, -0.2) is 44.6 Å². The lowest BCUT2D eigenvalue weighted by atomic mass is 10.1. The number of halogens is 2. The van der Waals surface area contributed by atoms with Crippen LogP contribution in [0, 0.1) is 11.3 Å². The molecule has 0 aliphatic carbocycles. The largest absolute Gasteiger partial charge is 0.363 e. The minimum absolute atomic E-state index is 0.105. The van der Waals surface area contributed by atoms with Gasteiger partial charge in [-0.1, -0.05) is 67.2 Å². The van der Waals surface area contributed by atoms with Gasteiger partial charge in [-0.05, 0) is 54.9 Å². The first-order valence-electron chi connectivity index (χ1n) is 13.0. The van der Waals surface area contributed by atoms with Gasteiger partial charge in [0.25, 0.3) is 0 Å². The van der Waals surface area contributed by atoms with Crippen molar-refractivity contribution in [1.82, 2.24) is 25.1 Å². The average Bonchev–Trinajstić information content (AvgIpc) is 3.34. The van der Waals surface area contributed by atoms with Gasteiger partial charge in [0.05, 0.1) is 34.4 Å². The fourth-order valence-corrected chi connectivity index (χ4v) is 4.78. The summed E-state index contributed by atoms with van der Waals surface area (Å²) in [6.07, 6.45) is 6.90. The Morgan fingerprint density at radius 3 is 2.69 bits per heavy atom. The first kappa shape index (κ1) is 30.4. The number of nitriles is 1. The smallest absolute Gasteiger partial charge is 0.226 e. The molecule has 0 radical (unpaired) electrons. The van der Waals surface area contributed by atoms with Gasteiger partial charge in [0, 0.05) is 44.1 Å². The molecule has 0 bridgehead atoms. The van der Waals surface area contributed by atoms with E-state index in [0.717, 1.165) is 42.6 Å². The van der Waals surface area contributed by atoms with Crippen LogP contribution in [0.1, 0.15) is 55.5 Å². The molecule has 1 amide bonds. The minimum Gasteiger partial charge on any atom is -0.363 e. The van der Waals surface area contributed by atoms with Gasteiger partial charge in [-0.15, -0.1) is 0 Å². The molecule has 0 aliphatic rings. The molecule has 3 rings (SSSR count). The predicted octanol–water partition coefficient (Wildman–Crippen LogP) is 5.72. The van der Waals surface area contributed by atoms with Crippen LogP contribution in [0.2, 0.25) is 10.0 Å². The Hall–Kier alpha value is -3.12. The van der Waals surface area contributed by atoms with Gasteiger partial charge in [0.15, 0.2) is 5.11 Å². The molecule has 0 saturated heterocycles. The predicted molar refractivity (Wildman–Crippen MR) is 161 cm³/mol. The van der Waals surface area contributed by atoms with Gasteiger partial charge in [-0.25, -0.2) is 4.98 Å². The Morgan fingerprint density at radius 2 is 1.97 bits per heavy atom. The molecular weight excluding hydrogens is 551 g/mol. The zero-order valence-corrected chi connectivity index (χ0v) is 24.6. The number of carbonyl (C=O) groups is 1. The number of hydrogen-bond acceptors (Lipinski definition) is 4. The lowest BCUT2D eigenvalue weighted by Gasteiger charge is -2.29. The number of rotatable bonds is 13. The van der Waals surface area contributed by atoms with Crippen LogP contribution in [0.5, 0.6) is 0 Å². The second kappa shape index (κ2) is 15.5. The second-order valence-electron chi connectivity index (χ2n) is 9.50. The van der Waals surface area contributed by atoms with Crippen molar-refractivity contribution in [1.29, 1.82) is 5.26 Å². The summed E-state index contributed by atoms with van der Waals surface area (Å²) in [7, 11) is 0. The van der Waals surface area contributed by atoms with Gasteiger partial charge < -0.3 is 20.1 Å². The molecule has 10 heteroatoms. The molecule has 1 aromatic heterocycles. The van der Waals surface area contributed by atoms with E-state index in [4.69, 9.17) is 40.7 Å². The van der Waals surface area contributed by atoms with E-state index in [-0.39, 0.29) is 18.4 Å². The molecule has 0 saturated carbocycles. The van der Waals surface area contributed by atoms with Crippen molar-refractivity contribution < 1.29 is 4.79 Å². The van der Waals surface area contributed by atoms with Crippen LogP contribution in [-0.2, 0) is 24.3 Å². The molecule has 7 nitrogen and oxygen atoms in total. The van der Waals surface area contributed by atoms with E-state index >= 15 is 0 Å². The Labute approximate surface area is 246 Å². The molecule has 1 atom stereocenters. The van der Waals surface area contributed by atoms with Gasteiger partial charge >= 0.3 is 0 Å². The molecule has 1 heterocycles. The van der Waals surface area contributed by atoms with Crippen molar-refractivity contribution >= 4 is 46.4 Å². The SMILES string of the molecule is CCCCCNC(=S)N(Cc1cccc(Cl)c1Cl)CC(C)NC(=O)Cc1cncn1Cc1ccc(C#N)cc1. The Balaban J connectivity index is 1.61. The zero-order chi connectivity index (χ0) is 28.2. The number of imidazole rings is 1. The molecule has 3 aromatic rings. The van der Waals surface area contributed by atoms with E-state index in [1.807, 2.05) is 40.7 Å². The van der Waals surface area contributed by atoms with Crippen LogP contribution in [0.4, 0.5) is 0 Å². The summed E-state index contributed by atoms with van der Waals surface area (Å²) in [6, 6.07) is 14.9. The van der Waals surface area contributed by atoms with E-state index in [1.165, 1.54) is 0 Å². The maximum absolute atomic E-state index is 13.0.